The smallest absolute Gasteiger partial charge is 0.292 e. The number of nitro groups is 1. The highest BCUT2D eigenvalue weighted by Crippen LogP contribution is 2.25. The van der Waals surface area contributed by atoms with Crippen LogP contribution in [0.1, 0.15) is 5.56 Å². The van der Waals surface area contributed by atoms with Crippen molar-refractivity contribution in [1.29, 1.82) is 0 Å². The van der Waals surface area contributed by atoms with Gasteiger partial charge in [-0.25, -0.2) is 0 Å². The Balaban J connectivity index is 2.88. The van der Waals surface area contributed by atoms with Crippen molar-refractivity contribution in [3.8, 4) is 0 Å². The molecule has 0 aliphatic carbocycles. The lowest BCUT2D eigenvalue weighted by atomic mass is 10.1. The number of carbonyl (C=O) groups is 1. The van der Waals surface area contributed by atoms with Crippen molar-refractivity contribution in [2.75, 3.05) is 19.3 Å². The summed E-state index contributed by atoms with van der Waals surface area (Å²) in [6.07, 6.45) is 0. The van der Waals surface area contributed by atoms with E-state index in [2.05, 4.69) is 0 Å². The van der Waals surface area contributed by atoms with Gasteiger partial charge in [0.15, 0.2) is 0 Å². The summed E-state index contributed by atoms with van der Waals surface area (Å²) in [5.41, 5.74) is 11.3. The van der Waals surface area contributed by atoms with Crippen molar-refractivity contribution in [1.82, 2.24) is 4.90 Å². The maximum Gasteiger partial charge on any atom is 0.292 e. The minimum absolute atomic E-state index is 0.0716. The van der Waals surface area contributed by atoms with E-state index in [0.717, 1.165) is 0 Å². The quantitative estimate of drug-likeness (QED) is 0.428. The van der Waals surface area contributed by atoms with Crippen LogP contribution >= 0.6 is 0 Å². The van der Waals surface area contributed by atoms with E-state index < -0.39 is 10.8 Å². The van der Waals surface area contributed by atoms with E-state index in [1.165, 1.54) is 6.07 Å². The SMILES string of the molecule is CN(CC(N)=O)Cc1cccc([N+](=O)[O-])c1N. The molecule has 0 saturated carbocycles. The predicted octanol–water partition coefficient (Wildman–Crippen LogP) is 0.0941. The summed E-state index contributed by atoms with van der Waals surface area (Å²) in [6.45, 7) is 0.401. The van der Waals surface area contributed by atoms with Crippen molar-refractivity contribution >= 4 is 17.3 Å². The molecule has 1 amide bonds. The molecule has 0 aliphatic rings. The van der Waals surface area contributed by atoms with Crippen LogP contribution < -0.4 is 11.5 Å². The third-order valence-corrected chi connectivity index (χ3v) is 2.24. The summed E-state index contributed by atoms with van der Waals surface area (Å²) in [5.74, 6) is -0.462. The van der Waals surface area contributed by atoms with Crippen molar-refractivity contribution in [3.63, 3.8) is 0 Å². The first-order valence-corrected chi connectivity index (χ1v) is 4.90. The fourth-order valence-electron chi connectivity index (χ4n) is 1.51. The van der Waals surface area contributed by atoms with E-state index in [9.17, 15) is 14.9 Å². The van der Waals surface area contributed by atoms with Crippen molar-refractivity contribution in [3.05, 3.63) is 33.9 Å². The number of hydrogen-bond acceptors (Lipinski definition) is 5. The van der Waals surface area contributed by atoms with E-state index in [1.54, 1.807) is 24.1 Å². The average molecular weight is 238 g/mol. The number of nitro benzene ring substituents is 1. The lowest BCUT2D eigenvalue weighted by Gasteiger charge is -2.15. The van der Waals surface area contributed by atoms with E-state index >= 15 is 0 Å². The van der Waals surface area contributed by atoms with Gasteiger partial charge in [-0.1, -0.05) is 12.1 Å². The first-order chi connectivity index (χ1) is 7.91. The molecular formula is C10H14N4O3. The molecule has 17 heavy (non-hydrogen) atoms. The zero-order valence-corrected chi connectivity index (χ0v) is 9.42. The Kier molecular flexibility index (Phi) is 4.00. The van der Waals surface area contributed by atoms with E-state index in [0.29, 0.717) is 12.1 Å². The maximum atomic E-state index is 10.7. The first kappa shape index (κ1) is 12.9. The van der Waals surface area contributed by atoms with E-state index in [-0.39, 0.29) is 17.9 Å². The summed E-state index contributed by atoms with van der Waals surface area (Å²) in [7, 11) is 1.68. The first-order valence-electron chi connectivity index (χ1n) is 4.90. The van der Waals surface area contributed by atoms with Gasteiger partial charge in [0, 0.05) is 12.6 Å². The van der Waals surface area contributed by atoms with Gasteiger partial charge in [-0.2, -0.15) is 0 Å². The van der Waals surface area contributed by atoms with Crippen LogP contribution in [0.5, 0.6) is 0 Å². The van der Waals surface area contributed by atoms with Gasteiger partial charge in [0.05, 0.1) is 11.5 Å². The fraction of sp³-hybridized carbons (Fsp3) is 0.300. The summed E-state index contributed by atoms with van der Waals surface area (Å²) in [4.78, 5) is 22.5. The third kappa shape index (κ3) is 3.42. The van der Waals surface area contributed by atoms with Gasteiger partial charge in [-0.3, -0.25) is 19.8 Å². The number of amides is 1. The second kappa shape index (κ2) is 5.26. The molecule has 1 rings (SSSR count). The topological polar surface area (TPSA) is 115 Å². The third-order valence-electron chi connectivity index (χ3n) is 2.24. The number of hydrogen-bond donors (Lipinski definition) is 2. The van der Waals surface area contributed by atoms with Gasteiger partial charge in [0.2, 0.25) is 5.91 Å². The second-order valence-corrected chi connectivity index (χ2v) is 3.75. The van der Waals surface area contributed by atoms with Gasteiger partial charge in [0.1, 0.15) is 5.69 Å². The number of anilines is 1. The molecule has 4 N–H and O–H groups in total. The fourth-order valence-corrected chi connectivity index (χ4v) is 1.51. The van der Waals surface area contributed by atoms with Gasteiger partial charge in [-0.15, -0.1) is 0 Å². The molecule has 1 aromatic rings. The Labute approximate surface area is 98.1 Å². The Hall–Kier alpha value is -2.15. The average Bonchev–Trinajstić information content (AvgIpc) is 2.19. The second-order valence-electron chi connectivity index (χ2n) is 3.75. The van der Waals surface area contributed by atoms with Gasteiger partial charge >= 0.3 is 0 Å². The number of likely N-dealkylation sites (N-methyl/N-ethyl adjacent to an activating group) is 1. The van der Waals surface area contributed by atoms with Crippen molar-refractivity contribution in [2.24, 2.45) is 5.73 Å². The maximum absolute atomic E-state index is 10.7. The van der Waals surface area contributed by atoms with Crippen LogP contribution in [-0.4, -0.2) is 29.3 Å². The predicted molar refractivity (Wildman–Crippen MR) is 63.0 cm³/mol. The highest BCUT2D eigenvalue weighted by molar-refractivity contribution is 5.76. The lowest BCUT2D eigenvalue weighted by molar-refractivity contribution is -0.384. The minimum atomic E-state index is -0.535. The molecular weight excluding hydrogens is 224 g/mol. The largest absolute Gasteiger partial charge is 0.393 e. The monoisotopic (exact) mass is 238 g/mol. The number of carbonyl (C=O) groups excluding carboxylic acids is 1. The molecule has 0 radical (unpaired) electrons. The summed E-state index contributed by atoms with van der Waals surface area (Å²) in [5, 5.41) is 10.7. The molecule has 0 aromatic heterocycles. The number of primary amides is 1. The minimum Gasteiger partial charge on any atom is -0.393 e. The number of benzene rings is 1. The van der Waals surface area contributed by atoms with E-state index in [1.807, 2.05) is 0 Å². The molecule has 0 unspecified atom stereocenters. The highest BCUT2D eigenvalue weighted by atomic mass is 16.6. The summed E-state index contributed by atoms with van der Waals surface area (Å²) in [6, 6.07) is 4.58. The van der Waals surface area contributed by atoms with Crippen LogP contribution in [0.4, 0.5) is 11.4 Å². The molecule has 92 valence electrons. The number of nitrogens with zero attached hydrogens (tertiary/aromatic N) is 2. The van der Waals surface area contributed by atoms with Gasteiger partial charge in [-0.05, 0) is 12.6 Å². The Morgan fingerprint density at radius 2 is 2.18 bits per heavy atom. The Bertz CT molecular complexity index is 447. The van der Waals surface area contributed by atoms with Gasteiger partial charge < -0.3 is 11.5 Å². The van der Waals surface area contributed by atoms with Crippen molar-refractivity contribution < 1.29 is 9.72 Å². The molecule has 0 heterocycles. The van der Waals surface area contributed by atoms with Crippen LogP contribution in [0.25, 0.3) is 0 Å². The standard InChI is InChI=1S/C10H14N4O3/c1-13(6-9(11)15)5-7-3-2-4-8(10(7)12)14(16)17/h2-4H,5-6,12H2,1H3,(H2,11,15). The molecule has 1 aromatic carbocycles. The molecule has 0 saturated heterocycles. The summed E-state index contributed by atoms with van der Waals surface area (Å²) >= 11 is 0. The van der Waals surface area contributed by atoms with Crippen LogP contribution in [0, 0.1) is 10.1 Å². The molecule has 0 fully saturated rings. The van der Waals surface area contributed by atoms with Crippen LogP contribution in [0.15, 0.2) is 18.2 Å². The molecule has 0 aliphatic heterocycles. The number of rotatable bonds is 5. The lowest BCUT2D eigenvalue weighted by Crippen LogP contribution is -2.30. The summed E-state index contributed by atoms with van der Waals surface area (Å²) < 4.78 is 0. The molecule has 0 spiro atoms. The number of para-hydroxylation sites is 1. The number of nitrogen functional groups attached to an aromatic ring is 1. The van der Waals surface area contributed by atoms with Crippen LogP contribution in [-0.2, 0) is 11.3 Å². The Morgan fingerprint density at radius 1 is 1.53 bits per heavy atom. The van der Waals surface area contributed by atoms with E-state index in [4.69, 9.17) is 11.5 Å². The molecule has 7 heteroatoms. The Morgan fingerprint density at radius 3 is 2.71 bits per heavy atom. The molecule has 7 nitrogen and oxygen atoms in total. The zero-order valence-electron chi connectivity index (χ0n) is 9.42. The highest BCUT2D eigenvalue weighted by Gasteiger charge is 2.15. The molecule has 0 atom stereocenters. The zero-order chi connectivity index (χ0) is 13.0. The van der Waals surface area contributed by atoms with Gasteiger partial charge in [0.25, 0.3) is 5.69 Å². The normalized spacial score (nSPS) is 10.5. The number of nitrogens with two attached hydrogens (primary N) is 2. The van der Waals surface area contributed by atoms with Crippen LogP contribution in [0.2, 0.25) is 0 Å². The molecule has 0 bridgehead atoms. The van der Waals surface area contributed by atoms with Crippen LogP contribution in [0.3, 0.4) is 0 Å². The van der Waals surface area contributed by atoms with Crippen molar-refractivity contribution in [2.45, 2.75) is 6.54 Å².